The van der Waals surface area contributed by atoms with Crippen LogP contribution in [0.5, 0.6) is 17.2 Å². The SMILES string of the molecule is CC(COc1ccccc1Oc1ccc(N)c(N)c1)N1CCCC1. The Hall–Kier alpha value is -2.40. The molecule has 1 fully saturated rings. The summed E-state index contributed by atoms with van der Waals surface area (Å²) < 4.78 is 11.9. The molecule has 128 valence electrons. The Bertz CT molecular complexity index is 684. The normalized spacial score (nSPS) is 16.0. The average Bonchev–Trinajstić information content (AvgIpc) is 3.12. The smallest absolute Gasteiger partial charge is 0.169 e. The number of anilines is 2. The molecule has 1 atom stereocenters. The summed E-state index contributed by atoms with van der Waals surface area (Å²) in [5.74, 6) is 2.06. The molecule has 3 rings (SSSR count). The van der Waals surface area contributed by atoms with Crippen molar-refractivity contribution in [2.24, 2.45) is 0 Å². The molecule has 5 heteroatoms. The van der Waals surface area contributed by atoms with Crippen LogP contribution in [0.1, 0.15) is 19.8 Å². The number of benzene rings is 2. The van der Waals surface area contributed by atoms with Crippen molar-refractivity contribution >= 4 is 11.4 Å². The predicted molar refractivity (Wildman–Crippen MR) is 97.5 cm³/mol. The summed E-state index contributed by atoms with van der Waals surface area (Å²) in [5.41, 5.74) is 12.6. The van der Waals surface area contributed by atoms with Crippen molar-refractivity contribution in [2.75, 3.05) is 31.2 Å². The number of hydrogen-bond donors (Lipinski definition) is 2. The minimum absolute atomic E-state index is 0.396. The summed E-state index contributed by atoms with van der Waals surface area (Å²) in [6.45, 7) is 5.17. The lowest BCUT2D eigenvalue weighted by Gasteiger charge is -2.24. The van der Waals surface area contributed by atoms with Gasteiger partial charge in [-0.05, 0) is 57.1 Å². The zero-order chi connectivity index (χ0) is 16.9. The number of para-hydroxylation sites is 2. The molecule has 2 aromatic carbocycles. The average molecular weight is 327 g/mol. The van der Waals surface area contributed by atoms with E-state index in [1.165, 1.54) is 12.8 Å². The fourth-order valence-electron chi connectivity index (χ4n) is 2.90. The van der Waals surface area contributed by atoms with Crippen LogP contribution in [0.4, 0.5) is 11.4 Å². The Morgan fingerprint density at radius 2 is 1.71 bits per heavy atom. The fourth-order valence-corrected chi connectivity index (χ4v) is 2.90. The van der Waals surface area contributed by atoms with Crippen molar-refractivity contribution in [1.29, 1.82) is 0 Å². The summed E-state index contributed by atoms with van der Waals surface area (Å²) in [4.78, 5) is 2.46. The zero-order valence-electron chi connectivity index (χ0n) is 14.1. The molecule has 5 nitrogen and oxygen atoms in total. The lowest BCUT2D eigenvalue weighted by Crippen LogP contribution is -2.34. The summed E-state index contributed by atoms with van der Waals surface area (Å²) in [6, 6.07) is 13.3. The van der Waals surface area contributed by atoms with E-state index in [1.54, 1.807) is 18.2 Å². The first-order valence-corrected chi connectivity index (χ1v) is 8.42. The maximum Gasteiger partial charge on any atom is 0.169 e. The van der Waals surface area contributed by atoms with Gasteiger partial charge in [0.2, 0.25) is 0 Å². The van der Waals surface area contributed by atoms with Crippen molar-refractivity contribution < 1.29 is 9.47 Å². The van der Waals surface area contributed by atoms with Crippen LogP contribution in [0.15, 0.2) is 42.5 Å². The molecule has 1 saturated heterocycles. The predicted octanol–water partition coefficient (Wildman–Crippen LogP) is 3.51. The first kappa shape index (κ1) is 16.5. The first-order valence-electron chi connectivity index (χ1n) is 8.42. The largest absolute Gasteiger partial charge is 0.488 e. The van der Waals surface area contributed by atoms with E-state index in [0.29, 0.717) is 35.5 Å². The molecule has 4 N–H and O–H groups in total. The van der Waals surface area contributed by atoms with Crippen LogP contribution in [0, 0.1) is 0 Å². The second-order valence-corrected chi connectivity index (χ2v) is 6.24. The van der Waals surface area contributed by atoms with Gasteiger partial charge in [-0.2, -0.15) is 0 Å². The van der Waals surface area contributed by atoms with Gasteiger partial charge in [0.05, 0.1) is 11.4 Å². The van der Waals surface area contributed by atoms with Crippen molar-refractivity contribution in [1.82, 2.24) is 4.90 Å². The minimum atomic E-state index is 0.396. The van der Waals surface area contributed by atoms with Gasteiger partial charge in [-0.3, -0.25) is 4.90 Å². The highest BCUT2D eigenvalue weighted by atomic mass is 16.5. The van der Waals surface area contributed by atoms with Crippen molar-refractivity contribution in [3.05, 3.63) is 42.5 Å². The van der Waals surface area contributed by atoms with Crippen LogP contribution in [0.25, 0.3) is 0 Å². The van der Waals surface area contributed by atoms with Crippen molar-refractivity contribution in [3.8, 4) is 17.2 Å². The van der Waals surface area contributed by atoms with E-state index in [1.807, 2.05) is 24.3 Å². The molecule has 24 heavy (non-hydrogen) atoms. The molecule has 1 heterocycles. The summed E-state index contributed by atoms with van der Waals surface area (Å²) in [6.07, 6.45) is 2.56. The number of rotatable bonds is 6. The molecule has 1 aliphatic heterocycles. The highest BCUT2D eigenvalue weighted by molar-refractivity contribution is 5.65. The molecule has 1 aliphatic rings. The number of nitrogens with two attached hydrogens (primary N) is 2. The molecular weight excluding hydrogens is 302 g/mol. The van der Waals surface area contributed by atoms with E-state index in [-0.39, 0.29) is 0 Å². The quantitative estimate of drug-likeness (QED) is 0.794. The second-order valence-electron chi connectivity index (χ2n) is 6.24. The Morgan fingerprint density at radius 3 is 2.42 bits per heavy atom. The lowest BCUT2D eigenvalue weighted by atomic mass is 10.2. The van der Waals surface area contributed by atoms with Gasteiger partial charge in [0.25, 0.3) is 0 Å². The van der Waals surface area contributed by atoms with Gasteiger partial charge in [-0.1, -0.05) is 12.1 Å². The van der Waals surface area contributed by atoms with Crippen molar-refractivity contribution in [3.63, 3.8) is 0 Å². The van der Waals surface area contributed by atoms with E-state index in [4.69, 9.17) is 20.9 Å². The van der Waals surface area contributed by atoms with Crippen molar-refractivity contribution in [2.45, 2.75) is 25.8 Å². The number of nitrogens with zero attached hydrogens (tertiary/aromatic N) is 1. The molecule has 0 aliphatic carbocycles. The zero-order valence-corrected chi connectivity index (χ0v) is 14.1. The maximum atomic E-state index is 6.01. The Morgan fingerprint density at radius 1 is 1.00 bits per heavy atom. The highest BCUT2D eigenvalue weighted by Gasteiger charge is 2.19. The molecule has 1 unspecified atom stereocenters. The van der Waals surface area contributed by atoms with E-state index in [2.05, 4.69) is 11.8 Å². The number of hydrogen-bond acceptors (Lipinski definition) is 5. The van der Waals surface area contributed by atoms with Gasteiger partial charge in [-0.25, -0.2) is 0 Å². The fraction of sp³-hybridized carbons (Fsp3) is 0.368. The number of ether oxygens (including phenoxy) is 2. The van der Waals surface area contributed by atoms with Crippen LogP contribution in [0.2, 0.25) is 0 Å². The number of nitrogen functional groups attached to an aromatic ring is 2. The molecule has 0 spiro atoms. The number of likely N-dealkylation sites (tertiary alicyclic amines) is 1. The van der Waals surface area contributed by atoms with Gasteiger partial charge in [0, 0.05) is 12.1 Å². The topological polar surface area (TPSA) is 73.7 Å². The molecule has 0 amide bonds. The first-order chi connectivity index (χ1) is 11.6. The van der Waals surface area contributed by atoms with Crippen LogP contribution in [-0.4, -0.2) is 30.6 Å². The third kappa shape index (κ3) is 3.92. The Kier molecular flexibility index (Phi) is 5.11. The van der Waals surface area contributed by atoms with Gasteiger partial charge in [0.1, 0.15) is 12.4 Å². The molecular formula is C19H25N3O2. The molecule has 2 aromatic rings. The van der Waals surface area contributed by atoms with Crippen LogP contribution >= 0.6 is 0 Å². The molecule has 0 aromatic heterocycles. The molecule has 0 bridgehead atoms. The standard InChI is InChI=1S/C19H25N3O2/c1-14(22-10-4-5-11-22)13-23-18-6-2-3-7-19(18)24-15-8-9-16(20)17(21)12-15/h2-3,6-9,12,14H,4-5,10-11,13,20-21H2,1H3. The van der Waals surface area contributed by atoms with Gasteiger partial charge in [-0.15, -0.1) is 0 Å². The monoisotopic (exact) mass is 327 g/mol. The molecule has 0 saturated carbocycles. The second kappa shape index (κ2) is 7.45. The van der Waals surface area contributed by atoms with Crippen LogP contribution in [-0.2, 0) is 0 Å². The summed E-state index contributed by atoms with van der Waals surface area (Å²) in [5, 5.41) is 0. The Balaban J connectivity index is 1.67. The van der Waals surface area contributed by atoms with Crippen LogP contribution in [0.3, 0.4) is 0 Å². The van der Waals surface area contributed by atoms with Gasteiger partial charge >= 0.3 is 0 Å². The third-order valence-corrected chi connectivity index (χ3v) is 4.38. The maximum absolute atomic E-state index is 6.01. The van der Waals surface area contributed by atoms with Gasteiger partial charge < -0.3 is 20.9 Å². The van der Waals surface area contributed by atoms with E-state index >= 15 is 0 Å². The van der Waals surface area contributed by atoms with E-state index in [0.717, 1.165) is 18.8 Å². The summed E-state index contributed by atoms with van der Waals surface area (Å²) in [7, 11) is 0. The molecule has 0 radical (unpaired) electrons. The van der Waals surface area contributed by atoms with E-state index < -0.39 is 0 Å². The highest BCUT2D eigenvalue weighted by Crippen LogP contribution is 2.33. The minimum Gasteiger partial charge on any atom is -0.488 e. The van der Waals surface area contributed by atoms with E-state index in [9.17, 15) is 0 Å². The van der Waals surface area contributed by atoms with Gasteiger partial charge in [0.15, 0.2) is 11.5 Å². The lowest BCUT2D eigenvalue weighted by molar-refractivity contribution is 0.170. The Labute approximate surface area is 143 Å². The summed E-state index contributed by atoms with van der Waals surface area (Å²) >= 11 is 0. The van der Waals surface area contributed by atoms with Crippen LogP contribution < -0.4 is 20.9 Å². The third-order valence-electron chi connectivity index (χ3n) is 4.38.